The SMILES string of the molecule is CCC1CCCN1c1nc(C)ncc1C(N)=S. The van der Waals surface area contributed by atoms with Gasteiger partial charge in [0.2, 0.25) is 0 Å². The molecule has 0 bridgehead atoms. The second-order valence-electron chi connectivity index (χ2n) is 4.42. The lowest BCUT2D eigenvalue weighted by Gasteiger charge is -2.26. The van der Waals surface area contributed by atoms with Gasteiger partial charge in [0.25, 0.3) is 0 Å². The van der Waals surface area contributed by atoms with Crippen LogP contribution < -0.4 is 10.6 Å². The first-order chi connectivity index (χ1) is 8.13. The first-order valence-electron chi connectivity index (χ1n) is 6.03. The molecule has 5 heteroatoms. The van der Waals surface area contributed by atoms with Crippen molar-refractivity contribution in [2.75, 3.05) is 11.4 Å². The molecule has 1 atom stereocenters. The molecule has 0 spiro atoms. The van der Waals surface area contributed by atoms with Crippen molar-refractivity contribution in [1.29, 1.82) is 0 Å². The molecule has 2 heterocycles. The second-order valence-corrected chi connectivity index (χ2v) is 4.86. The van der Waals surface area contributed by atoms with Gasteiger partial charge in [0.15, 0.2) is 0 Å². The maximum absolute atomic E-state index is 5.74. The quantitative estimate of drug-likeness (QED) is 0.829. The molecular weight excluding hydrogens is 232 g/mol. The van der Waals surface area contributed by atoms with E-state index in [2.05, 4.69) is 21.8 Å². The number of rotatable bonds is 3. The normalized spacial score (nSPS) is 19.6. The van der Waals surface area contributed by atoms with E-state index in [1.165, 1.54) is 12.8 Å². The van der Waals surface area contributed by atoms with Gasteiger partial charge < -0.3 is 10.6 Å². The molecule has 1 saturated heterocycles. The van der Waals surface area contributed by atoms with Crippen LogP contribution in [-0.4, -0.2) is 27.5 Å². The Morgan fingerprint density at radius 1 is 1.65 bits per heavy atom. The summed E-state index contributed by atoms with van der Waals surface area (Å²) in [6.45, 7) is 5.13. The number of anilines is 1. The third kappa shape index (κ3) is 2.39. The maximum atomic E-state index is 5.74. The van der Waals surface area contributed by atoms with E-state index in [0.717, 1.165) is 30.2 Å². The highest BCUT2D eigenvalue weighted by molar-refractivity contribution is 7.80. The first-order valence-corrected chi connectivity index (χ1v) is 6.44. The molecule has 2 N–H and O–H groups in total. The van der Waals surface area contributed by atoms with Gasteiger partial charge in [0.05, 0.1) is 5.56 Å². The Morgan fingerprint density at radius 2 is 2.41 bits per heavy atom. The molecule has 0 aromatic carbocycles. The Kier molecular flexibility index (Phi) is 3.57. The highest BCUT2D eigenvalue weighted by Gasteiger charge is 2.26. The van der Waals surface area contributed by atoms with Gasteiger partial charge in [-0.3, -0.25) is 0 Å². The van der Waals surface area contributed by atoms with Crippen LogP contribution in [0.5, 0.6) is 0 Å². The molecule has 0 amide bonds. The molecule has 92 valence electrons. The minimum atomic E-state index is 0.377. The monoisotopic (exact) mass is 250 g/mol. The topological polar surface area (TPSA) is 55.0 Å². The average molecular weight is 250 g/mol. The van der Waals surface area contributed by atoms with E-state index in [1.54, 1.807) is 6.20 Å². The molecule has 4 nitrogen and oxygen atoms in total. The van der Waals surface area contributed by atoms with Crippen LogP contribution in [0.3, 0.4) is 0 Å². The van der Waals surface area contributed by atoms with Crippen molar-refractivity contribution in [3.63, 3.8) is 0 Å². The Hall–Kier alpha value is -1.23. The Morgan fingerprint density at radius 3 is 3.06 bits per heavy atom. The summed E-state index contributed by atoms with van der Waals surface area (Å²) in [5.74, 6) is 1.68. The zero-order valence-corrected chi connectivity index (χ0v) is 11.1. The molecule has 17 heavy (non-hydrogen) atoms. The lowest BCUT2D eigenvalue weighted by atomic mass is 10.1. The molecule has 1 unspecified atom stereocenters. The summed E-state index contributed by atoms with van der Waals surface area (Å²) in [7, 11) is 0. The zero-order chi connectivity index (χ0) is 12.4. The molecule has 0 radical (unpaired) electrons. The highest BCUT2D eigenvalue weighted by atomic mass is 32.1. The van der Waals surface area contributed by atoms with Crippen LogP contribution in [0.2, 0.25) is 0 Å². The summed E-state index contributed by atoms with van der Waals surface area (Å²) in [6, 6.07) is 0.553. The molecule has 1 fully saturated rings. The third-order valence-corrected chi connectivity index (χ3v) is 3.49. The average Bonchev–Trinajstić information content (AvgIpc) is 2.76. The number of hydrogen-bond donors (Lipinski definition) is 1. The van der Waals surface area contributed by atoms with Crippen molar-refractivity contribution in [2.45, 2.75) is 39.2 Å². The van der Waals surface area contributed by atoms with Gasteiger partial charge in [-0.25, -0.2) is 9.97 Å². The van der Waals surface area contributed by atoms with E-state index in [1.807, 2.05) is 6.92 Å². The van der Waals surface area contributed by atoms with Gasteiger partial charge in [-0.05, 0) is 26.2 Å². The van der Waals surface area contributed by atoms with E-state index < -0.39 is 0 Å². The predicted molar refractivity (Wildman–Crippen MR) is 73.3 cm³/mol. The smallest absolute Gasteiger partial charge is 0.142 e. The van der Waals surface area contributed by atoms with E-state index in [4.69, 9.17) is 18.0 Å². The molecule has 0 aliphatic carbocycles. The van der Waals surface area contributed by atoms with Crippen molar-refractivity contribution in [2.24, 2.45) is 5.73 Å². The third-order valence-electron chi connectivity index (χ3n) is 3.27. The fourth-order valence-corrected chi connectivity index (χ4v) is 2.53. The molecule has 1 aliphatic heterocycles. The highest BCUT2D eigenvalue weighted by Crippen LogP contribution is 2.28. The fourth-order valence-electron chi connectivity index (χ4n) is 2.39. The maximum Gasteiger partial charge on any atom is 0.142 e. The van der Waals surface area contributed by atoms with E-state index in [9.17, 15) is 0 Å². The van der Waals surface area contributed by atoms with Gasteiger partial charge in [0, 0.05) is 18.8 Å². The Balaban J connectivity index is 2.42. The van der Waals surface area contributed by atoms with E-state index in [0.29, 0.717) is 11.0 Å². The van der Waals surface area contributed by atoms with Gasteiger partial charge in [-0.2, -0.15) is 0 Å². The molecule has 1 aromatic rings. The van der Waals surface area contributed by atoms with Gasteiger partial charge in [0.1, 0.15) is 16.6 Å². The molecule has 1 aliphatic rings. The number of nitrogens with zero attached hydrogens (tertiary/aromatic N) is 3. The van der Waals surface area contributed by atoms with Crippen LogP contribution >= 0.6 is 12.2 Å². The number of nitrogens with two attached hydrogens (primary N) is 1. The fraction of sp³-hybridized carbons (Fsp3) is 0.583. The summed E-state index contributed by atoms with van der Waals surface area (Å²) < 4.78 is 0. The van der Waals surface area contributed by atoms with Crippen LogP contribution in [-0.2, 0) is 0 Å². The molecule has 1 aromatic heterocycles. The van der Waals surface area contributed by atoms with Crippen LogP contribution in [0.4, 0.5) is 5.82 Å². The standard InChI is InChI=1S/C12H18N4S/c1-3-9-5-4-6-16(9)12-10(11(13)17)7-14-8(2)15-12/h7,9H,3-6H2,1-2H3,(H2,13,17). The van der Waals surface area contributed by atoms with Crippen LogP contribution in [0, 0.1) is 6.92 Å². The lowest BCUT2D eigenvalue weighted by molar-refractivity contribution is 0.639. The Labute approximate surface area is 107 Å². The predicted octanol–water partition coefficient (Wildman–Crippen LogP) is 1.80. The largest absolute Gasteiger partial charge is 0.389 e. The molecule has 0 saturated carbocycles. The summed E-state index contributed by atoms with van der Waals surface area (Å²) in [5.41, 5.74) is 6.54. The lowest BCUT2D eigenvalue weighted by Crippen LogP contribution is -2.32. The van der Waals surface area contributed by atoms with Crippen molar-refractivity contribution >= 4 is 23.0 Å². The minimum Gasteiger partial charge on any atom is -0.389 e. The van der Waals surface area contributed by atoms with Crippen molar-refractivity contribution < 1.29 is 0 Å². The number of hydrogen-bond acceptors (Lipinski definition) is 4. The number of thiocarbonyl (C=S) groups is 1. The van der Waals surface area contributed by atoms with Crippen LogP contribution in [0.15, 0.2) is 6.20 Å². The summed E-state index contributed by atoms with van der Waals surface area (Å²) >= 11 is 5.07. The molecule has 2 rings (SSSR count). The van der Waals surface area contributed by atoms with Gasteiger partial charge in [-0.1, -0.05) is 19.1 Å². The van der Waals surface area contributed by atoms with Crippen molar-refractivity contribution in [1.82, 2.24) is 9.97 Å². The second kappa shape index (κ2) is 4.96. The van der Waals surface area contributed by atoms with Gasteiger partial charge >= 0.3 is 0 Å². The van der Waals surface area contributed by atoms with E-state index >= 15 is 0 Å². The number of aromatic nitrogens is 2. The van der Waals surface area contributed by atoms with Crippen molar-refractivity contribution in [3.05, 3.63) is 17.6 Å². The first kappa shape index (κ1) is 12.2. The van der Waals surface area contributed by atoms with Crippen molar-refractivity contribution in [3.8, 4) is 0 Å². The minimum absolute atomic E-state index is 0.377. The summed E-state index contributed by atoms with van der Waals surface area (Å²) in [6.07, 6.45) is 5.29. The van der Waals surface area contributed by atoms with Gasteiger partial charge in [-0.15, -0.1) is 0 Å². The number of aryl methyl sites for hydroxylation is 1. The van der Waals surface area contributed by atoms with Crippen LogP contribution in [0.1, 0.15) is 37.6 Å². The van der Waals surface area contributed by atoms with E-state index in [-0.39, 0.29) is 0 Å². The zero-order valence-electron chi connectivity index (χ0n) is 10.3. The summed E-state index contributed by atoms with van der Waals surface area (Å²) in [5, 5.41) is 0. The summed E-state index contributed by atoms with van der Waals surface area (Å²) in [4.78, 5) is 11.4. The Bertz CT molecular complexity index is 433. The van der Waals surface area contributed by atoms with Crippen LogP contribution in [0.25, 0.3) is 0 Å². The molecular formula is C12H18N4S.